The zero-order valence-corrected chi connectivity index (χ0v) is 13.5. The van der Waals surface area contributed by atoms with Gasteiger partial charge in [-0.15, -0.1) is 0 Å². The number of nitrogens with one attached hydrogen (secondary N) is 1. The predicted molar refractivity (Wildman–Crippen MR) is 89.2 cm³/mol. The second-order valence-corrected chi connectivity index (χ2v) is 5.46. The number of nitrogens with zero attached hydrogens (tertiary/aromatic N) is 1. The average molecular weight is 406 g/mol. The van der Waals surface area contributed by atoms with Gasteiger partial charge in [0.1, 0.15) is 0 Å². The lowest BCUT2D eigenvalue weighted by molar-refractivity contribution is -0.119. The van der Waals surface area contributed by atoms with Crippen molar-refractivity contribution in [2.75, 3.05) is 11.9 Å². The van der Waals surface area contributed by atoms with Crippen LogP contribution in [-0.4, -0.2) is 18.5 Å². The van der Waals surface area contributed by atoms with Crippen LogP contribution >= 0.6 is 22.6 Å². The molecule has 0 spiro atoms. The molecule has 0 aliphatic heterocycles. The SMILES string of the molecule is N#Cc1cccc(NC(=O)COC(=O)c2ccccc2I)c1. The van der Waals surface area contributed by atoms with Gasteiger partial charge in [0.15, 0.2) is 6.61 Å². The van der Waals surface area contributed by atoms with E-state index < -0.39 is 11.9 Å². The van der Waals surface area contributed by atoms with Gasteiger partial charge < -0.3 is 10.1 Å². The van der Waals surface area contributed by atoms with E-state index in [1.54, 1.807) is 42.5 Å². The largest absolute Gasteiger partial charge is 0.452 e. The zero-order valence-electron chi connectivity index (χ0n) is 11.4. The lowest BCUT2D eigenvalue weighted by atomic mass is 10.2. The third-order valence-corrected chi connectivity index (χ3v) is 3.64. The molecule has 0 radical (unpaired) electrons. The van der Waals surface area contributed by atoms with Crippen molar-refractivity contribution in [3.63, 3.8) is 0 Å². The maximum atomic E-state index is 11.9. The molecule has 0 saturated heterocycles. The summed E-state index contributed by atoms with van der Waals surface area (Å²) in [5.74, 6) is -1.01. The number of anilines is 1. The Labute approximate surface area is 141 Å². The van der Waals surface area contributed by atoms with E-state index in [9.17, 15) is 9.59 Å². The summed E-state index contributed by atoms with van der Waals surface area (Å²) in [5.41, 5.74) is 1.34. The van der Waals surface area contributed by atoms with Crippen molar-refractivity contribution in [3.8, 4) is 6.07 Å². The quantitative estimate of drug-likeness (QED) is 0.626. The van der Waals surface area contributed by atoms with Crippen molar-refractivity contribution in [1.29, 1.82) is 5.26 Å². The van der Waals surface area contributed by atoms with Crippen molar-refractivity contribution in [2.45, 2.75) is 0 Å². The fourth-order valence-corrected chi connectivity index (χ4v) is 2.31. The first kappa shape index (κ1) is 16.0. The number of hydrogen-bond donors (Lipinski definition) is 1. The van der Waals surface area contributed by atoms with Crippen LogP contribution in [0.3, 0.4) is 0 Å². The number of rotatable bonds is 4. The molecule has 22 heavy (non-hydrogen) atoms. The lowest BCUT2D eigenvalue weighted by Gasteiger charge is -2.07. The number of benzene rings is 2. The molecule has 110 valence electrons. The summed E-state index contributed by atoms with van der Waals surface area (Å²) in [6.07, 6.45) is 0. The van der Waals surface area contributed by atoms with Gasteiger partial charge in [-0.05, 0) is 52.9 Å². The molecule has 0 fully saturated rings. The molecule has 0 bridgehead atoms. The van der Waals surface area contributed by atoms with Gasteiger partial charge >= 0.3 is 5.97 Å². The fraction of sp³-hybridized carbons (Fsp3) is 0.0625. The molecule has 1 amide bonds. The van der Waals surface area contributed by atoms with Gasteiger partial charge in [0.25, 0.3) is 5.91 Å². The van der Waals surface area contributed by atoms with Crippen LogP contribution in [0.15, 0.2) is 48.5 Å². The topological polar surface area (TPSA) is 79.2 Å². The average Bonchev–Trinajstić information content (AvgIpc) is 2.53. The summed E-state index contributed by atoms with van der Waals surface area (Å²) in [5, 5.41) is 11.4. The third-order valence-electron chi connectivity index (χ3n) is 2.70. The Bertz CT molecular complexity index is 753. The van der Waals surface area contributed by atoms with Crippen LogP contribution in [-0.2, 0) is 9.53 Å². The van der Waals surface area contributed by atoms with E-state index in [1.807, 2.05) is 34.7 Å². The van der Waals surface area contributed by atoms with Crippen LogP contribution in [0.1, 0.15) is 15.9 Å². The molecule has 6 heteroatoms. The monoisotopic (exact) mass is 406 g/mol. The maximum Gasteiger partial charge on any atom is 0.339 e. The second kappa shape index (κ2) is 7.56. The summed E-state index contributed by atoms with van der Waals surface area (Å²) in [4.78, 5) is 23.6. The van der Waals surface area contributed by atoms with Gasteiger partial charge in [0, 0.05) is 9.26 Å². The van der Waals surface area contributed by atoms with Gasteiger partial charge in [-0.2, -0.15) is 5.26 Å². The standard InChI is InChI=1S/C16H11IN2O3/c17-14-7-2-1-6-13(14)16(21)22-10-15(20)19-12-5-3-4-11(8-12)9-18/h1-8H,10H2,(H,19,20). The van der Waals surface area contributed by atoms with Crippen LogP contribution < -0.4 is 5.32 Å². The molecule has 5 nitrogen and oxygen atoms in total. The van der Waals surface area contributed by atoms with Gasteiger partial charge in [-0.1, -0.05) is 18.2 Å². The number of carbonyl (C=O) groups excluding carboxylic acids is 2. The van der Waals surface area contributed by atoms with E-state index >= 15 is 0 Å². The maximum absolute atomic E-state index is 11.9. The minimum absolute atomic E-state index is 0.388. The molecule has 2 aromatic rings. The fourth-order valence-electron chi connectivity index (χ4n) is 1.70. The van der Waals surface area contributed by atoms with Gasteiger partial charge in [-0.25, -0.2) is 4.79 Å². The Balaban J connectivity index is 1.92. The first-order chi connectivity index (χ1) is 10.6. The minimum Gasteiger partial charge on any atom is -0.452 e. The molecule has 0 aromatic heterocycles. The Hall–Kier alpha value is -2.40. The molecular weight excluding hydrogens is 395 g/mol. The van der Waals surface area contributed by atoms with Crippen molar-refractivity contribution >= 4 is 40.2 Å². The Morgan fingerprint density at radius 3 is 2.68 bits per heavy atom. The van der Waals surface area contributed by atoms with E-state index in [-0.39, 0.29) is 6.61 Å². The summed E-state index contributed by atoms with van der Waals surface area (Å²) < 4.78 is 5.74. The van der Waals surface area contributed by atoms with Crippen LogP contribution in [0.25, 0.3) is 0 Å². The summed E-state index contributed by atoms with van der Waals surface area (Å²) in [7, 11) is 0. The third kappa shape index (κ3) is 4.30. The molecule has 0 atom stereocenters. The summed E-state index contributed by atoms with van der Waals surface area (Å²) >= 11 is 2.03. The summed E-state index contributed by atoms with van der Waals surface area (Å²) in [6, 6.07) is 15.4. The van der Waals surface area contributed by atoms with Crippen molar-refractivity contribution in [1.82, 2.24) is 0 Å². The molecule has 0 heterocycles. The smallest absolute Gasteiger partial charge is 0.339 e. The first-order valence-corrected chi connectivity index (χ1v) is 7.39. The highest BCUT2D eigenvalue weighted by Gasteiger charge is 2.12. The Morgan fingerprint density at radius 1 is 1.18 bits per heavy atom. The van der Waals surface area contributed by atoms with Crippen LogP contribution in [0.2, 0.25) is 0 Å². The minimum atomic E-state index is -0.550. The van der Waals surface area contributed by atoms with Gasteiger partial charge in [0.05, 0.1) is 17.2 Å². The first-order valence-electron chi connectivity index (χ1n) is 6.32. The predicted octanol–water partition coefficient (Wildman–Crippen LogP) is 2.96. The van der Waals surface area contributed by atoms with Gasteiger partial charge in [0.2, 0.25) is 0 Å². The number of esters is 1. The number of hydrogen-bond acceptors (Lipinski definition) is 4. The highest BCUT2D eigenvalue weighted by atomic mass is 127. The van der Waals surface area contributed by atoms with E-state index in [0.29, 0.717) is 16.8 Å². The number of ether oxygens (including phenoxy) is 1. The number of halogens is 1. The van der Waals surface area contributed by atoms with Crippen LogP contribution in [0, 0.1) is 14.9 Å². The van der Waals surface area contributed by atoms with Crippen molar-refractivity contribution < 1.29 is 14.3 Å². The van der Waals surface area contributed by atoms with E-state index in [0.717, 1.165) is 3.57 Å². The van der Waals surface area contributed by atoms with Crippen LogP contribution in [0.5, 0.6) is 0 Å². The zero-order chi connectivity index (χ0) is 15.9. The van der Waals surface area contributed by atoms with Crippen molar-refractivity contribution in [3.05, 3.63) is 63.2 Å². The number of nitriles is 1. The van der Waals surface area contributed by atoms with E-state index in [2.05, 4.69) is 5.32 Å². The lowest BCUT2D eigenvalue weighted by Crippen LogP contribution is -2.21. The molecule has 2 aromatic carbocycles. The second-order valence-electron chi connectivity index (χ2n) is 4.30. The highest BCUT2D eigenvalue weighted by Crippen LogP contribution is 2.13. The Morgan fingerprint density at radius 2 is 1.95 bits per heavy atom. The van der Waals surface area contributed by atoms with Crippen LogP contribution in [0.4, 0.5) is 5.69 Å². The molecule has 0 aliphatic rings. The van der Waals surface area contributed by atoms with E-state index in [4.69, 9.17) is 10.00 Å². The molecular formula is C16H11IN2O3. The molecule has 0 saturated carbocycles. The molecule has 1 N–H and O–H groups in total. The Kier molecular flexibility index (Phi) is 5.49. The highest BCUT2D eigenvalue weighted by molar-refractivity contribution is 14.1. The van der Waals surface area contributed by atoms with Crippen molar-refractivity contribution in [2.24, 2.45) is 0 Å². The normalized spacial score (nSPS) is 9.64. The molecule has 0 aliphatic carbocycles. The van der Waals surface area contributed by atoms with E-state index in [1.165, 1.54) is 0 Å². The molecule has 0 unspecified atom stereocenters. The number of amides is 1. The van der Waals surface area contributed by atoms with Gasteiger partial charge in [-0.3, -0.25) is 4.79 Å². The number of carbonyl (C=O) groups is 2. The molecule has 2 rings (SSSR count). The summed E-state index contributed by atoms with van der Waals surface area (Å²) in [6.45, 7) is -0.388.